The van der Waals surface area contributed by atoms with Gasteiger partial charge in [0.1, 0.15) is 0 Å². The summed E-state index contributed by atoms with van der Waals surface area (Å²) in [7, 11) is 0. The van der Waals surface area contributed by atoms with Crippen molar-refractivity contribution in [3.05, 3.63) is 29.8 Å². The molecule has 1 aliphatic carbocycles. The van der Waals surface area contributed by atoms with Crippen molar-refractivity contribution in [2.45, 2.75) is 51.2 Å². The van der Waals surface area contributed by atoms with Gasteiger partial charge in [-0.15, -0.1) is 0 Å². The van der Waals surface area contributed by atoms with Crippen molar-refractivity contribution < 1.29 is 23.9 Å². The zero-order chi connectivity index (χ0) is 20.8. The highest BCUT2D eigenvalue weighted by molar-refractivity contribution is 6.15. The van der Waals surface area contributed by atoms with Gasteiger partial charge in [0.05, 0.1) is 11.3 Å². The molecule has 2 heterocycles. The van der Waals surface area contributed by atoms with Crippen molar-refractivity contribution in [1.82, 2.24) is 10.2 Å². The zero-order valence-corrected chi connectivity index (χ0v) is 16.6. The number of carbonyl (C=O) groups is 4. The second-order valence-corrected chi connectivity index (χ2v) is 8.24. The Kier molecular flexibility index (Phi) is 4.80. The molecule has 2 aliphatic heterocycles. The second-order valence-electron chi connectivity index (χ2n) is 8.24. The summed E-state index contributed by atoms with van der Waals surface area (Å²) in [6, 6.07) is 6.73. The van der Waals surface area contributed by atoms with Crippen LogP contribution in [0.4, 0.5) is 5.69 Å². The van der Waals surface area contributed by atoms with E-state index in [1.165, 1.54) is 9.80 Å². The van der Waals surface area contributed by atoms with Crippen LogP contribution in [0.25, 0.3) is 0 Å². The summed E-state index contributed by atoms with van der Waals surface area (Å²) < 4.78 is 5.36. The first-order valence-corrected chi connectivity index (χ1v) is 10.1. The van der Waals surface area contributed by atoms with Crippen LogP contribution in [0.5, 0.6) is 0 Å². The van der Waals surface area contributed by atoms with Gasteiger partial charge in [0.2, 0.25) is 11.6 Å². The van der Waals surface area contributed by atoms with Crippen LogP contribution in [-0.2, 0) is 19.1 Å². The number of nitrogens with zero attached hydrogens (tertiary/aromatic N) is 2. The summed E-state index contributed by atoms with van der Waals surface area (Å²) in [5.41, 5.74) is -0.673. The van der Waals surface area contributed by atoms with E-state index in [0.29, 0.717) is 17.8 Å². The van der Waals surface area contributed by atoms with Crippen molar-refractivity contribution in [1.29, 1.82) is 0 Å². The van der Waals surface area contributed by atoms with E-state index in [1.54, 1.807) is 24.3 Å². The minimum atomic E-state index is -1.51. The van der Waals surface area contributed by atoms with Crippen LogP contribution in [0.15, 0.2) is 24.3 Å². The molecule has 3 amide bonds. The molecule has 3 aliphatic rings. The fraction of sp³-hybridized carbons (Fsp3) is 0.524. The van der Waals surface area contributed by atoms with E-state index < -0.39 is 24.1 Å². The molecule has 1 aromatic rings. The first-order valence-electron chi connectivity index (χ1n) is 10.1. The highest BCUT2D eigenvalue weighted by Crippen LogP contribution is 2.49. The largest absolute Gasteiger partial charge is 0.452 e. The molecule has 1 saturated carbocycles. The maximum atomic E-state index is 13.3. The monoisotopic (exact) mass is 399 g/mol. The Labute approximate surface area is 169 Å². The van der Waals surface area contributed by atoms with E-state index in [2.05, 4.69) is 5.32 Å². The van der Waals surface area contributed by atoms with Gasteiger partial charge >= 0.3 is 5.97 Å². The van der Waals surface area contributed by atoms with Crippen LogP contribution in [0.3, 0.4) is 0 Å². The fourth-order valence-electron chi connectivity index (χ4n) is 4.13. The van der Waals surface area contributed by atoms with Crippen LogP contribution in [0.1, 0.15) is 49.9 Å². The minimum Gasteiger partial charge on any atom is -0.452 e. The quantitative estimate of drug-likeness (QED) is 0.731. The summed E-state index contributed by atoms with van der Waals surface area (Å²) in [5, 5.41) is 2.70. The fourth-order valence-corrected chi connectivity index (χ4v) is 4.13. The number of carbonyl (C=O) groups excluding carboxylic acids is 4. The highest BCUT2D eigenvalue weighted by Gasteiger charge is 2.64. The van der Waals surface area contributed by atoms with Crippen molar-refractivity contribution in [3.8, 4) is 0 Å². The average molecular weight is 399 g/mol. The number of hydrogen-bond donors (Lipinski definition) is 1. The zero-order valence-electron chi connectivity index (χ0n) is 16.6. The van der Waals surface area contributed by atoms with Crippen molar-refractivity contribution in [2.24, 2.45) is 5.92 Å². The first kappa shape index (κ1) is 19.4. The topological polar surface area (TPSA) is 96.0 Å². The number of esters is 1. The average Bonchev–Trinajstić information content (AvgIpc) is 3.47. The summed E-state index contributed by atoms with van der Waals surface area (Å²) in [6.07, 6.45) is 1.86. The molecule has 0 spiro atoms. The Morgan fingerprint density at radius 2 is 1.97 bits per heavy atom. The lowest BCUT2D eigenvalue weighted by molar-refractivity contribution is -0.160. The molecule has 1 N–H and O–H groups in total. The van der Waals surface area contributed by atoms with E-state index in [9.17, 15) is 19.2 Å². The summed E-state index contributed by atoms with van der Waals surface area (Å²) in [4.78, 5) is 54.3. The van der Waals surface area contributed by atoms with Crippen molar-refractivity contribution in [3.63, 3.8) is 0 Å². The number of ether oxygens (including phenoxy) is 1. The number of benzene rings is 1. The summed E-state index contributed by atoms with van der Waals surface area (Å²) in [5.74, 6) is -1.35. The lowest BCUT2D eigenvalue weighted by atomic mass is 9.96. The molecule has 0 unspecified atom stereocenters. The molecule has 0 radical (unpaired) electrons. The Hall–Kier alpha value is -2.90. The molecule has 29 heavy (non-hydrogen) atoms. The van der Waals surface area contributed by atoms with Gasteiger partial charge in [0.15, 0.2) is 6.61 Å². The Morgan fingerprint density at radius 3 is 2.66 bits per heavy atom. The molecule has 154 valence electrons. The second kappa shape index (κ2) is 7.17. The van der Waals surface area contributed by atoms with Gasteiger partial charge in [0, 0.05) is 25.4 Å². The number of amides is 3. The maximum Gasteiger partial charge on any atom is 0.354 e. The lowest BCUT2D eigenvalue weighted by Gasteiger charge is -2.48. The maximum absolute atomic E-state index is 13.3. The van der Waals surface area contributed by atoms with E-state index in [1.807, 2.05) is 13.8 Å². The predicted molar refractivity (Wildman–Crippen MR) is 104 cm³/mol. The van der Waals surface area contributed by atoms with Crippen LogP contribution >= 0.6 is 0 Å². The molecule has 1 atom stereocenters. The molecule has 2 fully saturated rings. The number of fused-ring (bicyclic) bond motifs is 3. The number of nitrogens with one attached hydrogen (secondary N) is 1. The van der Waals surface area contributed by atoms with Crippen LogP contribution < -0.4 is 10.2 Å². The molecule has 4 rings (SSSR count). The molecule has 1 saturated heterocycles. The minimum absolute atomic E-state index is 0.105. The van der Waals surface area contributed by atoms with Gasteiger partial charge < -0.3 is 15.0 Å². The predicted octanol–water partition coefficient (Wildman–Crippen LogP) is 1.44. The molecule has 0 aromatic heterocycles. The van der Waals surface area contributed by atoms with Crippen LogP contribution in [-0.4, -0.2) is 53.4 Å². The van der Waals surface area contributed by atoms with Crippen molar-refractivity contribution >= 4 is 29.4 Å². The number of anilines is 1. The van der Waals surface area contributed by atoms with Gasteiger partial charge in [-0.1, -0.05) is 26.0 Å². The number of rotatable bonds is 6. The highest BCUT2D eigenvalue weighted by atomic mass is 16.5. The first-order chi connectivity index (χ1) is 13.9. The molecule has 1 aromatic carbocycles. The third kappa shape index (κ3) is 3.16. The molecule has 0 bridgehead atoms. The normalized spacial score (nSPS) is 23.1. The van der Waals surface area contributed by atoms with Crippen LogP contribution in [0, 0.1) is 5.92 Å². The van der Waals surface area contributed by atoms with Gasteiger partial charge in [-0.05, 0) is 30.9 Å². The Morgan fingerprint density at radius 1 is 1.24 bits per heavy atom. The number of hydrogen-bond acceptors (Lipinski definition) is 5. The van der Waals surface area contributed by atoms with Crippen LogP contribution in [0.2, 0.25) is 0 Å². The van der Waals surface area contributed by atoms with E-state index >= 15 is 0 Å². The lowest BCUT2D eigenvalue weighted by Crippen LogP contribution is -2.69. The smallest absolute Gasteiger partial charge is 0.354 e. The van der Waals surface area contributed by atoms with Gasteiger partial charge in [-0.3, -0.25) is 19.3 Å². The molecular weight excluding hydrogens is 374 g/mol. The van der Waals surface area contributed by atoms with Gasteiger partial charge in [-0.25, -0.2) is 4.79 Å². The third-order valence-corrected chi connectivity index (χ3v) is 5.58. The molecular formula is C21H25N3O5. The third-order valence-electron chi connectivity index (χ3n) is 5.58. The summed E-state index contributed by atoms with van der Waals surface area (Å²) in [6.45, 7) is 3.97. The standard InChI is InChI=1S/C21H25N3O5/c1-13(2)11-22-17(25)12-29-20(28)21-10-9-18(26)24(21)16-6-4-3-5-15(16)19(27)23(21)14-7-8-14/h3-6,13-14H,7-12H2,1-2H3,(H,22,25)/t21-/m1/s1. The Balaban J connectivity index is 1.65. The SMILES string of the molecule is CC(C)CNC(=O)COC(=O)[C@@]12CCC(=O)N1c1ccccc1C(=O)N2C1CC1. The van der Waals surface area contributed by atoms with E-state index in [0.717, 1.165) is 12.8 Å². The Bertz CT molecular complexity index is 879. The molecule has 8 heteroatoms. The van der Waals surface area contributed by atoms with E-state index in [4.69, 9.17) is 4.74 Å². The van der Waals surface area contributed by atoms with E-state index in [-0.39, 0.29) is 36.6 Å². The van der Waals surface area contributed by atoms with Gasteiger partial charge in [0.25, 0.3) is 11.8 Å². The molecule has 8 nitrogen and oxygen atoms in total. The van der Waals surface area contributed by atoms with Crippen molar-refractivity contribution in [2.75, 3.05) is 18.1 Å². The summed E-state index contributed by atoms with van der Waals surface area (Å²) >= 11 is 0. The van der Waals surface area contributed by atoms with Gasteiger partial charge in [-0.2, -0.15) is 0 Å². The number of para-hydroxylation sites is 1.